The first-order valence-corrected chi connectivity index (χ1v) is 6.28. The summed E-state index contributed by atoms with van der Waals surface area (Å²) in [4.78, 5) is 28.3. The van der Waals surface area contributed by atoms with E-state index in [1.54, 1.807) is 4.90 Å². The third-order valence-corrected chi connectivity index (χ3v) is 2.83. The maximum absolute atomic E-state index is 11.8. The van der Waals surface area contributed by atoms with E-state index in [9.17, 15) is 9.59 Å². The minimum atomic E-state index is -1.12. The summed E-state index contributed by atoms with van der Waals surface area (Å²) in [7, 11) is 0. The minimum absolute atomic E-state index is 0.0169. The lowest BCUT2D eigenvalue weighted by atomic mass is 10.2. The second-order valence-corrected chi connectivity index (χ2v) is 4.14. The third kappa shape index (κ3) is 4.10. The van der Waals surface area contributed by atoms with E-state index < -0.39 is 5.97 Å². The van der Waals surface area contributed by atoms with Crippen LogP contribution in [0.3, 0.4) is 0 Å². The highest BCUT2D eigenvalue weighted by atomic mass is 35.5. The summed E-state index contributed by atoms with van der Waals surface area (Å²) in [5.74, 6) is -1.15. The lowest BCUT2D eigenvalue weighted by Gasteiger charge is -2.19. The average Bonchev–Trinajstić information content (AvgIpc) is 2.37. The normalized spacial score (nSPS) is 10.1. The van der Waals surface area contributed by atoms with E-state index >= 15 is 0 Å². The van der Waals surface area contributed by atoms with Crippen molar-refractivity contribution in [2.45, 2.75) is 13.8 Å². The molecule has 0 radical (unpaired) electrons. The summed E-state index contributed by atoms with van der Waals surface area (Å²) >= 11 is 5.71. The first-order chi connectivity index (χ1) is 8.99. The predicted molar refractivity (Wildman–Crippen MR) is 72.6 cm³/mol. The van der Waals surface area contributed by atoms with Crippen molar-refractivity contribution < 1.29 is 14.7 Å². The van der Waals surface area contributed by atoms with Crippen molar-refractivity contribution >= 4 is 29.3 Å². The van der Waals surface area contributed by atoms with Crippen molar-refractivity contribution in [1.82, 2.24) is 9.88 Å². The number of carboxylic acids is 1. The average molecular weight is 286 g/mol. The number of hydrogen-bond acceptors (Lipinski definition) is 4. The minimum Gasteiger partial charge on any atom is -0.478 e. The molecular formula is C12H16ClN3O3. The highest BCUT2D eigenvalue weighted by Gasteiger charge is 2.14. The van der Waals surface area contributed by atoms with E-state index in [2.05, 4.69) is 10.3 Å². The Morgan fingerprint density at radius 1 is 1.37 bits per heavy atom. The number of amides is 1. The quantitative estimate of drug-likeness (QED) is 0.778. The molecule has 1 heterocycles. The highest BCUT2D eigenvalue weighted by molar-refractivity contribution is 6.29. The van der Waals surface area contributed by atoms with Crippen LogP contribution in [0.15, 0.2) is 12.1 Å². The van der Waals surface area contributed by atoms with Crippen molar-refractivity contribution in [2.75, 3.05) is 25.0 Å². The molecule has 1 aromatic rings. The summed E-state index contributed by atoms with van der Waals surface area (Å²) in [6.07, 6.45) is 0. The number of aromatic carboxylic acids is 1. The van der Waals surface area contributed by atoms with Crippen molar-refractivity contribution in [3.05, 3.63) is 22.8 Å². The lowest BCUT2D eigenvalue weighted by molar-refractivity contribution is -0.128. The molecule has 0 fully saturated rings. The van der Waals surface area contributed by atoms with Crippen LogP contribution < -0.4 is 5.32 Å². The van der Waals surface area contributed by atoms with Crippen LogP contribution in [0.5, 0.6) is 0 Å². The maximum Gasteiger partial charge on any atom is 0.339 e. The molecule has 2 N–H and O–H groups in total. The van der Waals surface area contributed by atoms with Gasteiger partial charge in [-0.3, -0.25) is 4.79 Å². The molecule has 1 rings (SSSR count). The van der Waals surface area contributed by atoms with E-state index in [0.717, 1.165) is 0 Å². The first kappa shape index (κ1) is 15.2. The molecule has 0 saturated carbocycles. The summed E-state index contributed by atoms with van der Waals surface area (Å²) in [6.45, 7) is 4.94. The number of carbonyl (C=O) groups is 2. The van der Waals surface area contributed by atoms with Crippen LogP contribution in [0.1, 0.15) is 24.2 Å². The number of halogens is 1. The standard InChI is InChI=1S/C12H16ClN3O3/c1-3-16(4-2)10(17)7-14-11-8(12(18)19)5-6-9(13)15-11/h5-6H,3-4,7H2,1-2H3,(H,14,15)(H,18,19). The molecule has 19 heavy (non-hydrogen) atoms. The fourth-order valence-electron chi connectivity index (χ4n) is 1.59. The number of carbonyl (C=O) groups excluding carboxylic acids is 1. The van der Waals surface area contributed by atoms with Crippen molar-refractivity contribution in [3.63, 3.8) is 0 Å². The topological polar surface area (TPSA) is 82.5 Å². The van der Waals surface area contributed by atoms with Gasteiger partial charge in [-0.2, -0.15) is 0 Å². The van der Waals surface area contributed by atoms with E-state index in [-0.39, 0.29) is 29.0 Å². The fraction of sp³-hybridized carbons (Fsp3) is 0.417. The van der Waals surface area contributed by atoms with E-state index in [4.69, 9.17) is 16.7 Å². The summed E-state index contributed by atoms with van der Waals surface area (Å²) in [6, 6.07) is 2.74. The predicted octanol–water partition coefficient (Wildman–Crippen LogP) is 1.71. The Labute approximate surface area is 116 Å². The fourth-order valence-corrected chi connectivity index (χ4v) is 1.74. The van der Waals surface area contributed by atoms with E-state index in [1.807, 2.05) is 13.8 Å². The van der Waals surface area contributed by atoms with Gasteiger partial charge in [0.25, 0.3) is 0 Å². The molecule has 0 unspecified atom stereocenters. The van der Waals surface area contributed by atoms with Gasteiger partial charge in [0.15, 0.2) is 0 Å². The Hall–Kier alpha value is -1.82. The number of aromatic nitrogens is 1. The van der Waals surface area contributed by atoms with Crippen LogP contribution in [-0.4, -0.2) is 46.5 Å². The number of anilines is 1. The molecular weight excluding hydrogens is 270 g/mol. The molecule has 104 valence electrons. The molecule has 0 aliphatic heterocycles. The molecule has 0 aromatic carbocycles. The van der Waals surface area contributed by atoms with Gasteiger partial charge in [-0.15, -0.1) is 0 Å². The zero-order valence-electron chi connectivity index (χ0n) is 10.8. The zero-order chi connectivity index (χ0) is 14.4. The van der Waals surface area contributed by atoms with E-state index in [1.165, 1.54) is 12.1 Å². The first-order valence-electron chi connectivity index (χ1n) is 5.91. The number of hydrogen-bond donors (Lipinski definition) is 2. The van der Waals surface area contributed by atoms with Crippen LogP contribution in [0.2, 0.25) is 5.15 Å². The van der Waals surface area contributed by atoms with Gasteiger partial charge >= 0.3 is 5.97 Å². The number of nitrogens with one attached hydrogen (secondary N) is 1. The van der Waals surface area contributed by atoms with Crippen LogP contribution in [0, 0.1) is 0 Å². The Bertz CT molecular complexity index is 475. The number of nitrogens with zero attached hydrogens (tertiary/aromatic N) is 2. The van der Waals surface area contributed by atoms with Gasteiger partial charge in [0, 0.05) is 13.1 Å². The molecule has 0 saturated heterocycles. The molecule has 7 heteroatoms. The number of carboxylic acid groups (broad SMARTS) is 1. The molecule has 0 spiro atoms. The van der Waals surface area contributed by atoms with Gasteiger partial charge in [0.05, 0.1) is 6.54 Å². The SMILES string of the molecule is CCN(CC)C(=O)CNc1nc(Cl)ccc1C(=O)O. The Kier molecular flexibility index (Phi) is 5.57. The smallest absolute Gasteiger partial charge is 0.339 e. The summed E-state index contributed by atoms with van der Waals surface area (Å²) in [5, 5.41) is 11.9. The molecule has 1 aromatic heterocycles. The van der Waals surface area contributed by atoms with Crippen LogP contribution in [0.25, 0.3) is 0 Å². The van der Waals surface area contributed by atoms with Gasteiger partial charge in [-0.1, -0.05) is 11.6 Å². The molecule has 0 aliphatic carbocycles. The Morgan fingerprint density at radius 3 is 2.53 bits per heavy atom. The number of likely N-dealkylation sites (N-methyl/N-ethyl adjacent to an activating group) is 1. The van der Waals surface area contributed by atoms with Gasteiger partial charge < -0.3 is 15.3 Å². The van der Waals surface area contributed by atoms with Crippen molar-refractivity contribution in [2.24, 2.45) is 0 Å². The van der Waals surface area contributed by atoms with Gasteiger partial charge in [0.1, 0.15) is 16.5 Å². The van der Waals surface area contributed by atoms with Gasteiger partial charge in [0.2, 0.25) is 5.91 Å². The van der Waals surface area contributed by atoms with Crippen LogP contribution >= 0.6 is 11.6 Å². The van der Waals surface area contributed by atoms with Crippen LogP contribution in [-0.2, 0) is 4.79 Å². The van der Waals surface area contributed by atoms with Crippen molar-refractivity contribution in [3.8, 4) is 0 Å². The zero-order valence-corrected chi connectivity index (χ0v) is 11.6. The van der Waals surface area contributed by atoms with Crippen molar-refractivity contribution in [1.29, 1.82) is 0 Å². The molecule has 1 amide bonds. The second kappa shape index (κ2) is 6.94. The Balaban J connectivity index is 2.79. The number of pyridine rings is 1. The largest absolute Gasteiger partial charge is 0.478 e. The molecule has 0 aliphatic rings. The number of rotatable bonds is 6. The second-order valence-electron chi connectivity index (χ2n) is 3.75. The van der Waals surface area contributed by atoms with Crippen LogP contribution in [0.4, 0.5) is 5.82 Å². The molecule has 0 bridgehead atoms. The Morgan fingerprint density at radius 2 is 2.00 bits per heavy atom. The molecule has 6 nitrogen and oxygen atoms in total. The monoisotopic (exact) mass is 285 g/mol. The summed E-state index contributed by atoms with van der Waals surface area (Å²) < 4.78 is 0. The van der Waals surface area contributed by atoms with E-state index in [0.29, 0.717) is 13.1 Å². The molecule has 0 atom stereocenters. The van der Waals surface area contributed by atoms with Gasteiger partial charge in [-0.05, 0) is 26.0 Å². The highest BCUT2D eigenvalue weighted by Crippen LogP contribution is 2.16. The maximum atomic E-state index is 11.8. The summed E-state index contributed by atoms with van der Waals surface area (Å²) in [5.41, 5.74) is -0.0169. The van der Waals surface area contributed by atoms with Gasteiger partial charge in [-0.25, -0.2) is 9.78 Å². The lowest BCUT2D eigenvalue weighted by Crippen LogP contribution is -2.35. The third-order valence-electron chi connectivity index (χ3n) is 2.61.